The number of hydrogen-bond donors (Lipinski definition) is 2. The van der Waals surface area contributed by atoms with Crippen molar-refractivity contribution >= 4 is 29.4 Å². The van der Waals surface area contributed by atoms with E-state index in [1.165, 1.54) is 18.9 Å². The molecule has 0 amide bonds. The van der Waals surface area contributed by atoms with Crippen LogP contribution in [-0.4, -0.2) is 37.4 Å². The number of esters is 2. The van der Waals surface area contributed by atoms with Gasteiger partial charge in [0, 0.05) is 30.5 Å². The molecule has 1 fully saturated rings. The van der Waals surface area contributed by atoms with Crippen LogP contribution in [0.1, 0.15) is 72.9 Å². The Morgan fingerprint density at radius 3 is 2.39 bits per heavy atom. The third-order valence-electron chi connectivity index (χ3n) is 6.64. The van der Waals surface area contributed by atoms with Gasteiger partial charge in [-0.2, -0.15) is 0 Å². The molecule has 0 unspecified atom stereocenters. The van der Waals surface area contributed by atoms with Gasteiger partial charge in [0.25, 0.3) is 0 Å². The van der Waals surface area contributed by atoms with E-state index >= 15 is 0 Å². The van der Waals surface area contributed by atoms with Crippen LogP contribution in [0.4, 0.5) is 11.4 Å². The van der Waals surface area contributed by atoms with Gasteiger partial charge in [-0.3, -0.25) is 0 Å². The molecular formula is C31H40N2O5. The second-order valence-corrected chi connectivity index (χ2v) is 9.64. The van der Waals surface area contributed by atoms with Gasteiger partial charge >= 0.3 is 11.9 Å². The summed E-state index contributed by atoms with van der Waals surface area (Å²) in [6.07, 6.45) is 13.6. The molecule has 0 radical (unpaired) electrons. The highest BCUT2D eigenvalue weighted by Crippen LogP contribution is 2.25. The number of hydrogen-bond acceptors (Lipinski definition) is 7. The fraction of sp³-hybridized carbons (Fsp3) is 0.419. The molecule has 7 nitrogen and oxygen atoms in total. The van der Waals surface area contributed by atoms with Crippen molar-refractivity contribution in [3.05, 3.63) is 77.9 Å². The number of ether oxygens (including phenoxy) is 3. The zero-order chi connectivity index (χ0) is 27.2. The van der Waals surface area contributed by atoms with Gasteiger partial charge < -0.3 is 25.7 Å². The molecule has 3 rings (SSSR count). The van der Waals surface area contributed by atoms with Crippen LogP contribution in [0.3, 0.4) is 0 Å². The van der Waals surface area contributed by atoms with Gasteiger partial charge in [0.2, 0.25) is 0 Å². The van der Waals surface area contributed by atoms with Gasteiger partial charge in [-0.05, 0) is 92.5 Å². The van der Waals surface area contributed by atoms with Crippen LogP contribution in [0.2, 0.25) is 0 Å². The maximum absolute atomic E-state index is 12.6. The van der Waals surface area contributed by atoms with E-state index in [0.29, 0.717) is 23.4 Å². The zero-order valence-electron chi connectivity index (χ0n) is 22.1. The number of rotatable bonds is 14. The van der Waals surface area contributed by atoms with E-state index in [2.05, 4.69) is 6.58 Å². The number of unbranched alkanes of at least 4 members (excludes halogenated alkanes) is 3. The molecule has 2 aromatic rings. The second kappa shape index (κ2) is 15.6. The molecule has 1 aliphatic rings. The van der Waals surface area contributed by atoms with Gasteiger partial charge in [0.15, 0.2) is 0 Å². The molecule has 38 heavy (non-hydrogen) atoms. The van der Waals surface area contributed by atoms with E-state index in [-0.39, 0.29) is 24.8 Å². The van der Waals surface area contributed by atoms with Crippen molar-refractivity contribution in [3.63, 3.8) is 0 Å². The summed E-state index contributed by atoms with van der Waals surface area (Å²) in [7, 11) is 0. The lowest BCUT2D eigenvalue weighted by molar-refractivity contribution is -0.137. The number of allylic oxidation sites excluding steroid dienone is 1. The lowest BCUT2D eigenvalue weighted by Gasteiger charge is -2.28. The van der Waals surface area contributed by atoms with Crippen LogP contribution in [-0.2, 0) is 25.4 Å². The van der Waals surface area contributed by atoms with Crippen LogP contribution >= 0.6 is 0 Å². The minimum absolute atomic E-state index is 0.0769. The average molecular weight is 521 g/mol. The van der Waals surface area contributed by atoms with Crippen LogP contribution < -0.4 is 11.5 Å². The predicted octanol–water partition coefficient (Wildman–Crippen LogP) is 5.88. The highest BCUT2D eigenvalue weighted by Gasteiger charge is 2.24. The SMILES string of the molecule is C=CCCCCCOC1CCC(OC(=O)c2ccc(C=CC(=O)OCCc3cc(N)ccc3N)cc2)CC1. The molecule has 1 aliphatic carbocycles. The standard InChI is InChI=1S/C31H40N2O5/c1-2-3-4-5-6-20-36-27-13-15-28(16-14-27)38-31(35)24-10-7-23(8-11-24)9-18-30(34)37-21-19-25-22-26(32)12-17-29(25)33/h2,7-12,17-18,22,27-28H,1,3-6,13-16,19-21,32-33H2. The highest BCUT2D eigenvalue weighted by atomic mass is 16.5. The van der Waals surface area contributed by atoms with E-state index in [0.717, 1.165) is 56.3 Å². The second-order valence-electron chi connectivity index (χ2n) is 9.64. The first-order valence-corrected chi connectivity index (χ1v) is 13.5. The normalized spacial score (nSPS) is 17.3. The summed E-state index contributed by atoms with van der Waals surface area (Å²) in [5, 5.41) is 0. The number of benzene rings is 2. The highest BCUT2D eigenvalue weighted by molar-refractivity contribution is 5.90. The summed E-state index contributed by atoms with van der Waals surface area (Å²) in [4.78, 5) is 24.6. The summed E-state index contributed by atoms with van der Waals surface area (Å²) in [5.41, 5.74) is 15.0. The van der Waals surface area contributed by atoms with Crippen molar-refractivity contribution in [3.8, 4) is 0 Å². The first-order chi connectivity index (χ1) is 18.4. The Labute approximate surface area is 225 Å². The fourth-order valence-electron chi connectivity index (χ4n) is 4.40. The summed E-state index contributed by atoms with van der Waals surface area (Å²) < 4.78 is 17.0. The number of carbonyl (C=O) groups excluding carboxylic acids is 2. The molecular weight excluding hydrogens is 480 g/mol. The average Bonchev–Trinajstić information content (AvgIpc) is 2.92. The molecule has 4 N–H and O–H groups in total. The van der Waals surface area contributed by atoms with Crippen molar-refractivity contribution in [2.24, 2.45) is 0 Å². The molecule has 0 spiro atoms. The van der Waals surface area contributed by atoms with Gasteiger partial charge in [-0.25, -0.2) is 9.59 Å². The van der Waals surface area contributed by atoms with Gasteiger partial charge in [-0.15, -0.1) is 6.58 Å². The fourth-order valence-corrected chi connectivity index (χ4v) is 4.40. The van der Waals surface area contributed by atoms with Crippen molar-refractivity contribution in [1.29, 1.82) is 0 Å². The van der Waals surface area contributed by atoms with Crippen LogP contribution in [0, 0.1) is 0 Å². The molecule has 1 saturated carbocycles. The Morgan fingerprint density at radius 1 is 0.921 bits per heavy atom. The number of carbonyl (C=O) groups is 2. The minimum atomic E-state index is -0.455. The van der Waals surface area contributed by atoms with E-state index < -0.39 is 5.97 Å². The summed E-state index contributed by atoms with van der Waals surface area (Å²) >= 11 is 0. The maximum atomic E-state index is 12.6. The van der Waals surface area contributed by atoms with Crippen LogP contribution in [0.5, 0.6) is 0 Å². The third-order valence-corrected chi connectivity index (χ3v) is 6.64. The van der Waals surface area contributed by atoms with E-state index in [1.54, 1.807) is 48.5 Å². The van der Waals surface area contributed by atoms with E-state index in [9.17, 15) is 9.59 Å². The maximum Gasteiger partial charge on any atom is 0.338 e. The Hall–Kier alpha value is -3.58. The quantitative estimate of drug-likeness (QED) is 0.105. The zero-order valence-corrected chi connectivity index (χ0v) is 22.1. The smallest absolute Gasteiger partial charge is 0.338 e. The molecule has 0 heterocycles. The van der Waals surface area contributed by atoms with Crippen molar-refractivity contribution in [1.82, 2.24) is 0 Å². The summed E-state index contributed by atoms with van der Waals surface area (Å²) in [6.45, 7) is 4.74. The summed E-state index contributed by atoms with van der Waals surface area (Å²) in [5.74, 6) is -0.782. The molecule has 0 aromatic heterocycles. The Morgan fingerprint density at radius 2 is 1.66 bits per heavy atom. The topological polar surface area (TPSA) is 114 Å². The van der Waals surface area contributed by atoms with Gasteiger partial charge in [0.05, 0.1) is 18.3 Å². The predicted molar refractivity (Wildman–Crippen MR) is 151 cm³/mol. The molecule has 0 aliphatic heterocycles. The molecule has 0 saturated heterocycles. The summed E-state index contributed by atoms with van der Waals surface area (Å²) in [6, 6.07) is 12.2. The van der Waals surface area contributed by atoms with Crippen molar-refractivity contribution < 1.29 is 23.8 Å². The van der Waals surface area contributed by atoms with E-state index in [1.807, 2.05) is 6.08 Å². The van der Waals surface area contributed by atoms with Gasteiger partial charge in [-0.1, -0.05) is 24.6 Å². The molecule has 0 bridgehead atoms. The first kappa shape index (κ1) is 29.0. The lowest BCUT2D eigenvalue weighted by Crippen LogP contribution is -2.28. The van der Waals surface area contributed by atoms with E-state index in [4.69, 9.17) is 25.7 Å². The number of anilines is 2. The molecule has 0 atom stereocenters. The van der Waals surface area contributed by atoms with Crippen LogP contribution in [0.25, 0.3) is 6.08 Å². The Balaban J connectivity index is 1.34. The molecule has 7 heteroatoms. The largest absolute Gasteiger partial charge is 0.462 e. The minimum Gasteiger partial charge on any atom is -0.462 e. The van der Waals surface area contributed by atoms with Gasteiger partial charge in [0.1, 0.15) is 6.10 Å². The Kier molecular flexibility index (Phi) is 11.9. The number of nitrogen functional groups attached to an aromatic ring is 2. The molecule has 204 valence electrons. The number of nitrogens with two attached hydrogens (primary N) is 2. The monoisotopic (exact) mass is 520 g/mol. The third kappa shape index (κ3) is 10.1. The van der Waals surface area contributed by atoms with Crippen molar-refractivity contribution in [2.75, 3.05) is 24.7 Å². The Bertz CT molecular complexity index is 1070. The molecule has 2 aromatic carbocycles. The first-order valence-electron chi connectivity index (χ1n) is 13.5. The lowest BCUT2D eigenvalue weighted by atomic mass is 9.95. The van der Waals surface area contributed by atoms with Crippen LogP contribution in [0.15, 0.2) is 61.2 Å². The van der Waals surface area contributed by atoms with Crippen molar-refractivity contribution in [2.45, 2.75) is 70.0 Å².